The number of rotatable bonds is 3. The van der Waals surface area contributed by atoms with Crippen LogP contribution in [0.25, 0.3) is 0 Å². The van der Waals surface area contributed by atoms with Gasteiger partial charge in [-0.15, -0.1) is 0 Å². The van der Waals surface area contributed by atoms with E-state index in [4.69, 9.17) is 5.26 Å². The summed E-state index contributed by atoms with van der Waals surface area (Å²) >= 11 is 0. The first kappa shape index (κ1) is 16.3. The third kappa shape index (κ3) is 3.19. The lowest BCUT2D eigenvalue weighted by Gasteiger charge is -2.35. The number of aromatic nitrogens is 2. The molecule has 1 aromatic heterocycles. The molecule has 5 nitrogen and oxygen atoms in total. The monoisotopic (exact) mass is 329 g/mol. The first-order valence-electron chi connectivity index (χ1n) is 7.72. The van der Waals surface area contributed by atoms with Gasteiger partial charge in [-0.2, -0.15) is 5.26 Å². The molecule has 0 radical (unpaired) electrons. The summed E-state index contributed by atoms with van der Waals surface area (Å²) in [6.07, 6.45) is 3.04. The molecule has 0 N–H and O–H groups in total. The summed E-state index contributed by atoms with van der Waals surface area (Å²) in [5, 5.41) is 9.11. The van der Waals surface area contributed by atoms with Crippen molar-refractivity contribution in [2.45, 2.75) is 13.5 Å². The van der Waals surface area contributed by atoms with Crippen LogP contribution in [-0.2, 0) is 6.54 Å². The minimum absolute atomic E-state index is 0.112. The van der Waals surface area contributed by atoms with Gasteiger partial charge in [-0.05, 0) is 18.6 Å². The van der Waals surface area contributed by atoms with Crippen molar-refractivity contribution < 1.29 is 8.78 Å². The van der Waals surface area contributed by atoms with E-state index in [0.717, 1.165) is 0 Å². The average molecular weight is 329 g/mol. The van der Waals surface area contributed by atoms with Crippen LogP contribution >= 0.6 is 0 Å². The molecule has 0 saturated carbocycles. The molecule has 0 bridgehead atoms. The molecule has 1 aromatic carbocycles. The molecule has 0 amide bonds. The van der Waals surface area contributed by atoms with E-state index in [0.29, 0.717) is 43.3 Å². The SMILES string of the molecule is Cc1ccc(F)c(CN2CCN(c3nccnc3C#N)CC2)c1F. The number of hydrogen-bond donors (Lipinski definition) is 0. The molecule has 0 spiro atoms. The Bertz CT molecular complexity index is 779. The van der Waals surface area contributed by atoms with E-state index >= 15 is 0 Å². The Morgan fingerprint density at radius 1 is 1.12 bits per heavy atom. The Morgan fingerprint density at radius 3 is 2.54 bits per heavy atom. The Kier molecular flexibility index (Phi) is 4.67. The van der Waals surface area contributed by atoms with Gasteiger partial charge in [-0.1, -0.05) is 6.07 Å². The molecule has 3 rings (SSSR count). The van der Waals surface area contributed by atoms with Gasteiger partial charge >= 0.3 is 0 Å². The fourth-order valence-electron chi connectivity index (χ4n) is 2.84. The van der Waals surface area contributed by atoms with Gasteiger partial charge in [0.25, 0.3) is 0 Å². The summed E-state index contributed by atoms with van der Waals surface area (Å²) in [6, 6.07) is 4.79. The Balaban J connectivity index is 1.68. The molecule has 1 saturated heterocycles. The van der Waals surface area contributed by atoms with Crippen molar-refractivity contribution in [2.24, 2.45) is 0 Å². The molecule has 0 unspecified atom stereocenters. The van der Waals surface area contributed by atoms with Gasteiger partial charge in [0.15, 0.2) is 11.5 Å². The zero-order valence-electron chi connectivity index (χ0n) is 13.3. The summed E-state index contributed by atoms with van der Waals surface area (Å²) in [4.78, 5) is 12.2. The standard InChI is InChI=1S/C17H17F2N5/c1-12-2-3-14(18)13(16(12)19)11-23-6-8-24(9-7-23)17-15(10-20)21-4-5-22-17/h2-5H,6-9,11H2,1H3. The van der Waals surface area contributed by atoms with Crippen molar-refractivity contribution in [3.63, 3.8) is 0 Å². The molecule has 1 aliphatic heterocycles. The number of anilines is 1. The molecule has 24 heavy (non-hydrogen) atoms. The van der Waals surface area contributed by atoms with Crippen LogP contribution in [0.5, 0.6) is 0 Å². The van der Waals surface area contributed by atoms with Crippen LogP contribution in [-0.4, -0.2) is 41.0 Å². The summed E-state index contributed by atoms with van der Waals surface area (Å²) in [5.41, 5.74) is 0.852. The van der Waals surface area contributed by atoms with Gasteiger partial charge in [-0.3, -0.25) is 4.90 Å². The fourth-order valence-corrected chi connectivity index (χ4v) is 2.84. The maximum absolute atomic E-state index is 14.1. The van der Waals surface area contributed by atoms with Gasteiger partial charge in [-0.25, -0.2) is 18.7 Å². The summed E-state index contributed by atoms with van der Waals surface area (Å²) in [7, 11) is 0. The molecule has 1 aliphatic rings. The van der Waals surface area contributed by atoms with Crippen molar-refractivity contribution in [2.75, 3.05) is 31.1 Å². The molecule has 7 heteroatoms. The van der Waals surface area contributed by atoms with E-state index in [2.05, 4.69) is 9.97 Å². The number of nitriles is 1. The van der Waals surface area contributed by atoms with E-state index in [1.807, 2.05) is 15.9 Å². The summed E-state index contributed by atoms with van der Waals surface area (Å²) in [6.45, 7) is 4.39. The van der Waals surface area contributed by atoms with Gasteiger partial charge in [0, 0.05) is 50.7 Å². The molecule has 2 aromatic rings. The van der Waals surface area contributed by atoms with E-state index in [-0.39, 0.29) is 12.1 Å². The Hall–Kier alpha value is -2.59. The average Bonchev–Trinajstić information content (AvgIpc) is 2.62. The van der Waals surface area contributed by atoms with Crippen molar-refractivity contribution >= 4 is 5.82 Å². The quantitative estimate of drug-likeness (QED) is 0.864. The number of hydrogen-bond acceptors (Lipinski definition) is 5. The maximum atomic E-state index is 14.1. The first-order valence-corrected chi connectivity index (χ1v) is 7.72. The summed E-state index contributed by atoms with van der Waals surface area (Å²) < 4.78 is 28.0. The smallest absolute Gasteiger partial charge is 0.183 e. The highest BCUT2D eigenvalue weighted by Crippen LogP contribution is 2.21. The molecule has 124 valence electrons. The number of halogens is 2. The lowest BCUT2D eigenvalue weighted by atomic mass is 10.1. The van der Waals surface area contributed by atoms with Gasteiger partial charge in [0.1, 0.15) is 17.7 Å². The number of aryl methyl sites for hydroxylation is 1. The second-order valence-electron chi connectivity index (χ2n) is 5.76. The minimum atomic E-state index is -0.513. The zero-order valence-corrected chi connectivity index (χ0v) is 13.3. The minimum Gasteiger partial charge on any atom is -0.352 e. The Morgan fingerprint density at radius 2 is 1.83 bits per heavy atom. The fraction of sp³-hybridized carbons (Fsp3) is 0.353. The topological polar surface area (TPSA) is 56.1 Å². The van der Waals surface area contributed by atoms with Gasteiger partial charge in [0.2, 0.25) is 0 Å². The highest BCUT2D eigenvalue weighted by molar-refractivity contribution is 5.49. The molecule has 1 fully saturated rings. The van der Waals surface area contributed by atoms with E-state index < -0.39 is 11.6 Å². The molecule has 0 atom stereocenters. The van der Waals surface area contributed by atoms with Crippen molar-refractivity contribution in [3.05, 3.63) is 53.0 Å². The van der Waals surface area contributed by atoms with Crippen LogP contribution < -0.4 is 4.90 Å². The van der Waals surface area contributed by atoms with Crippen LogP contribution in [0.2, 0.25) is 0 Å². The second-order valence-corrected chi connectivity index (χ2v) is 5.76. The maximum Gasteiger partial charge on any atom is 0.183 e. The number of benzene rings is 1. The lowest BCUT2D eigenvalue weighted by molar-refractivity contribution is 0.242. The number of piperazine rings is 1. The molecular weight excluding hydrogens is 312 g/mol. The van der Waals surface area contributed by atoms with Crippen LogP contribution in [0, 0.1) is 29.9 Å². The normalized spacial score (nSPS) is 15.3. The third-order valence-corrected chi connectivity index (χ3v) is 4.22. The molecule has 0 aliphatic carbocycles. The largest absolute Gasteiger partial charge is 0.352 e. The van der Waals surface area contributed by atoms with E-state index in [1.165, 1.54) is 18.3 Å². The van der Waals surface area contributed by atoms with Crippen LogP contribution in [0.3, 0.4) is 0 Å². The van der Waals surface area contributed by atoms with Crippen molar-refractivity contribution in [1.29, 1.82) is 5.26 Å². The predicted molar refractivity (Wildman–Crippen MR) is 85.3 cm³/mol. The van der Waals surface area contributed by atoms with Crippen LogP contribution in [0.15, 0.2) is 24.5 Å². The Labute approximate surface area is 139 Å². The third-order valence-electron chi connectivity index (χ3n) is 4.22. The highest BCUT2D eigenvalue weighted by atomic mass is 19.1. The van der Waals surface area contributed by atoms with Crippen LogP contribution in [0.1, 0.15) is 16.8 Å². The van der Waals surface area contributed by atoms with E-state index in [1.54, 1.807) is 13.1 Å². The van der Waals surface area contributed by atoms with Gasteiger partial charge < -0.3 is 4.90 Å². The molecule has 2 heterocycles. The van der Waals surface area contributed by atoms with Crippen LogP contribution in [0.4, 0.5) is 14.6 Å². The molecular formula is C17H17F2N5. The van der Waals surface area contributed by atoms with Crippen molar-refractivity contribution in [1.82, 2.24) is 14.9 Å². The number of nitrogens with zero attached hydrogens (tertiary/aromatic N) is 5. The first-order chi connectivity index (χ1) is 11.6. The van der Waals surface area contributed by atoms with Gasteiger partial charge in [0.05, 0.1) is 0 Å². The predicted octanol–water partition coefficient (Wildman–Crippen LogP) is 2.26. The highest BCUT2D eigenvalue weighted by Gasteiger charge is 2.23. The van der Waals surface area contributed by atoms with E-state index in [9.17, 15) is 8.78 Å². The summed E-state index contributed by atoms with van der Waals surface area (Å²) in [5.74, 6) is -0.424. The van der Waals surface area contributed by atoms with Crippen molar-refractivity contribution in [3.8, 4) is 6.07 Å². The second kappa shape index (κ2) is 6.89. The zero-order chi connectivity index (χ0) is 17.1. The lowest BCUT2D eigenvalue weighted by Crippen LogP contribution is -2.46.